The van der Waals surface area contributed by atoms with Crippen LogP contribution >= 0.6 is 0 Å². The quantitative estimate of drug-likeness (QED) is 0.736. The Bertz CT molecular complexity index is 881. The van der Waals surface area contributed by atoms with Gasteiger partial charge in [-0.2, -0.15) is 0 Å². The molecule has 0 aliphatic carbocycles. The van der Waals surface area contributed by atoms with Crippen molar-refractivity contribution in [3.63, 3.8) is 0 Å². The summed E-state index contributed by atoms with van der Waals surface area (Å²) in [6, 6.07) is 11.4. The highest BCUT2D eigenvalue weighted by Gasteiger charge is 2.16. The van der Waals surface area contributed by atoms with Crippen LogP contribution in [0.15, 0.2) is 42.5 Å². The van der Waals surface area contributed by atoms with Crippen LogP contribution in [0.4, 0.5) is 11.4 Å². The first-order valence-corrected chi connectivity index (χ1v) is 9.68. The molecule has 0 aromatic heterocycles. The van der Waals surface area contributed by atoms with Crippen molar-refractivity contribution in [3.8, 4) is 11.5 Å². The molecule has 0 spiro atoms. The highest BCUT2D eigenvalue weighted by Crippen LogP contribution is 2.30. The molecule has 0 unspecified atom stereocenters. The Morgan fingerprint density at radius 1 is 1.04 bits per heavy atom. The van der Waals surface area contributed by atoms with Gasteiger partial charge in [0.25, 0.3) is 5.91 Å². The van der Waals surface area contributed by atoms with Crippen LogP contribution in [0.5, 0.6) is 11.5 Å². The molecule has 1 amide bonds. The highest BCUT2D eigenvalue weighted by atomic mass is 32.2. The summed E-state index contributed by atoms with van der Waals surface area (Å²) in [6.07, 6.45) is 0.481. The molecule has 0 aliphatic rings. The van der Waals surface area contributed by atoms with E-state index in [1.54, 1.807) is 49.4 Å². The monoisotopic (exact) mass is 378 g/mol. The summed E-state index contributed by atoms with van der Waals surface area (Å²) in [4.78, 5) is 12.6. The maximum Gasteiger partial charge on any atom is 0.257 e. The number of carbonyl (C=O) groups excluding carboxylic acids is 1. The molecule has 140 valence electrons. The van der Waals surface area contributed by atoms with Crippen molar-refractivity contribution in [2.45, 2.75) is 13.3 Å². The molecule has 0 fully saturated rings. The lowest BCUT2D eigenvalue weighted by molar-refractivity contribution is 0.102. The maximum atomic E-state index is 12.6. The molecule has 0 saturated carbocycles. The van der Waals surface area contributed by atoms with Gasteiger partial charge in [-0.25, -0.2) is 8.42 Å². The fourth-order valence-corrected chi connectivity index (χ4v) is 3.52. The summed E-state index contributed by atoms with van der Waals surface area (Å²) in [5.74, 6) is 0.561. The number of methoxy groups -OCH3 is 2. The van der Waals surface area contributed by atoms with Gasteiger partial charge >= 0.3 is 0 Å². The van der Waals surface area contributed by atoms with Gasteiger partial charge in [-0.1, -0.05) is 19.1 Å². The molecular weight excluding hydrogens is 356 g/mol. The van der Waals surface area contributed by atoms with Gasteiger partial charge in [0.1, 0.15) is 0 Å². The van der Waals surface area contributed by atoms with Gasteiger partial charge in [0.05, 0.1) is 31.2 Å². The molecule has 26 heavy (non-hydrogen) atoms. The molecule has 2 rings (SSSR count). The van der Waals surface area contributed by atoms with E-state index < -0.39 is 15.9 Å². The van der Waals surface area contributed by atoms with E-state index >= 15 is 0 Å². The van der Waals surface area contributed by atoms with Crippen LogP contribution in [0.1, 0.15) is 23.7 Å². The molecule has 2 N–H and O–H groups in total. The maximum absolute atomic E-state index is 12.6. The van der Waals surface area contributed by atoms with Gasteiger partial charge < -0.3 is 14.8 Å². The van der Waals surface area contributed by atoms with Gasteiger partial charge in [-0.15, -0.1) is 0 Å². The van der Waals surface area contributed by atoms with Crippen LogP contribution in [0.2, 0.25) is 0 Å². The lowest BCUT2D eigenvalue weighted by Crippen LogP contribution is -2.20. The van der Waals surface area contributed by atoms with Crippen molar-refractivity contribution in [3.05, 3.63) is 48.0 Å². The summed E-state index contributed by atoms with van der Waals surface area (Å²) < 4.78 is 36.9. The third kappa shape index (κ3) is 4.89. The predicted octanol–water partition coefficient (Wildman–Crippen LogP) is 3.11. The number of hydrogen-bond donors (Lipinski definition) is 2. The van der Waals surface area contributed by atoms with Crippen molar-refractivity contribution < 1.29 is 22.7 Å². The second kappa shape index (κ2) is 8.57. The third-order valence-corrected chi connectivity index (χ3v) is 5.03. The van der Waals surface area contributed by atoms with E-state index in [-0.39, 0.29) is 17.0 Å². The molecule has 7 nitrogen and oxygen atoms in total. The summed E-state index contributed by atoms with van der Waals surface area (Å²) in [5.41, 5.74) is 0.958. The second-order valence-electron chi connectivity index (χ2n) is 5.49. The fourth-order valence-electron chi connectivity index (χ4n) is 2.37. The van der Waals surface area contributed by atoms with Gasteiger partial charge in [-0.05, 0) is 30.7 Å². The van der Waals surface area contributed by atoms with Crippen LogP contribution in [0.3, 0.4) is 0 Å². The Kier molecular flexibility index (Phi) is 6.46. The Hall–Kier alpha value is -2.74. The standard InChI is InChI=1S/C18H22N2O5S/c1-4-11-26(22,23)20-15-8-6-5-7-14(15)18(21)19-13-9-10-16(24-2)17(12-13)25-3/h5-10,12,20H,4,11H2,1-3H3,(H,19,21). The van der Waals surface area contributed by atoms with Crippen molar-refractivity contribution in [1.29, 1.82) is 0 Å². The summed E-state index contributed by atoms with van der Waals surface area (Å²) >= 11 is 0. The molecule has 8 heteroatoms. The normalized spacial score (nSPS) is 10.9. The molecule has 0 heterocycles. The zero-order chi connectivity index (χ0) is 19.2. The Morgan fingerprint density at radius 2 is 1.73 bits per heavy atom. The molecule has 0 radical (unpaired) electrons. The first kappa shape index (κ1) is 19.6. The third-order valence-electron chi connectivity index (χ3n) is 3.55. The molecule has 0 atom stereocenters. The van der Waals surface area contributed by atoms with Crippen LogP contribution in [-0.4, -0.2) is 34.3 Å². The zero-order valence-electron chi connectivity index (χ0n) is 14.9. The molecule has 0 aliphatic heterocycles. The minimum atomic E-state index is -3.50. The van der Waals surface area contributed by atoms with Gasteiger partial charge in [0.15, 0.2) is 11.5 Å². The van der Waals surface area contributed by atoms with E-state index in [1.165, 1.54) is 14.2 Å². The SMILES string of the molecule is CCCS(=O)(=O)Nc1ccccc1C(=O)Nc1ccc(OC)c(OC)c1. The van der Waals surface area contributed by atoms with Crippen LogP contribution < -0.4 is 19.5 Å². The lowest BCUT2D eigenvalue weighted by Gasteiger charge is -2.13. The van der Waals surface area contributed by atoms with Crippen molar-refractivity contribution in [2.24, 2.45) is 0 Å². The van der Waals surface area contributed by atoms with Crippen LogP contribution in [0.25, 0.3) is 0 Å². The summed E-state index contributed by atoms with van der Waals surface area (Å²) in [6.45, 7) is 1.77. The average Bonchev–Trinajstić information content (AvgIpc) is 2.61. The molecule has 0 saturated heterocycles. The van der Waals surface area contributed by atoms with Crippen LogP contribution in [-0.2, 0) is 10.0 Å². The Balaban J connectivity index is 2.25. The van der Waals surface area contributed by atoms with E-state index in [2.05, 4.69) is 10.0 Å². The molecular formula is C18H22N2O5S. The Morgan fingerprint density at radius 3 is 2.38 bits per heavy atom. The number of ether oxygens (including phenoxy) is 2. The van der Waals surface area contributed by atoms with E-state index in [0.717, 1.165) is 0 Å². The topological polar surface area (TPSA) is 93.7 Å². The van der Waals surface area contributed by atoms with Crippen molar-refractivity contribution >= 4 is 27.3 Å². The average molecular weight is 378 g/mol. The number of hydrogen-bond acceptors (Lipinski definition) is 5. The van der Waals surface area contributed by atoms with Gasteiger partial charge in [0, 0.05) is 11.8 Å². The summed E-state index contributed by atoms with van der Waals surface area (Å²) in [5, 5.41) is 2.73. The van der Waals surface area contributed by atoms with E-state index in [0.29, 0.717) is 23.6 Å². The number of sulfonamides is 1. The molecule has 0 bridgehead atoms. The number of rotatable bonds is 8. The lowest BCUT2D eigenvalue weighted by atomic mass is 10.1. The molecule has 2 aromatic rings. The van der Waals surface area contributed by atoms with Gasteiger partial charge in [0.2, 0.25) is 10.0 Å². The predicted molar refractivity (Wildman–Crippen MR) is 102 cm³/mol. The molecule has 2 aromatic carbocycles. The second-order valence-corrected chi connectivity index (χ2v) is 7.33. The number of amides is 1. The first-order chi connectivity index (χ1) is 12.4. The van der Waals surface area contributed by atoms with E-state index in [1.807, 2.05) is 0 Å². The van der Waals surface area contributed by atoms with Crippen molar-refractivity contribution in [1.82, 2.24) is 0 Å². The van der Waals surface area contributed by atoms with E-state index in [4.69, 9.17) is 9.47 Å². The number of para-hydroxylation sites is 1. The largest absolute Gasteiger partial charge is 0.493 e. The van der Waals surface area contributed by atoms with Gasteiger partial charge in [-0.3, -0.25) is 9.52 Å². The summed E-state index contributed by atoms with van der Waals surface area (Å²) in [7, 11) is -0.476. The number of carbonyl (C=O) groups is 1. The van der Waals surface area contributed by atoms with Crippen LogP contribution in [0, 0.1) is 0 Å². The minimum Gasteiger partial charge on any atom is -0.493 e. The first-order valence-electron chi connectivity index (χ1n) is 8.03. The van der Waals surface area contributed by atoms with Crippen molar-refractivity contribution in [2.75, 3.05) is 30.0 Å². The van der Waals surface area contributed by atoms with E-state index in [9.17, 15) is 13.2 Å². The number of anilines is 2. The smallest absolute Gasteiger partial charge is 0.257 e. The Labute approximate surface area is 153 Å². The minimum absolute atomic E-state index is 0.0152. The number of benzene rings is 2. The fraction of sp³-hybridized carbons (Fsp3) is 0.278. The number of nitrogens with one attached hydrogen (secondary N) is 2. The highest BCUT2D eigenvalue weighted by molar-refractivity contribution is 7.92. The zero-order valence-corrected chi connectivity index (χ0v) is 15.7.